The van der Waals surface area contributed by atoms with Crippen LogP contribution < -0.4 is 0 Å². The molecule has 108 heavy (non-hydrogen) atoms. The van der Waals surface area contributed by atoms with Gasteiger partial charge in [0.15, 0.2) is 12.2 Å². The number of esters is 4. The number of rotatable bonds is 88. The van der Waals surface area contributed by atoms with Crippen molar-refractivity contribution in [3.05, 3.63) is 0 Å². The van der Waals surface area contributed by atoms with E-state index in [0.29, 0.717) is 25.7 Å². The van der Waals surface area contributed by atoms with Gasteiger partial charge in [0.05, 0.1) is 26.4 Å². The Kier molecular flexibility index (Phi) is 78.8. The van der Waals surface area contributed by atoms with Crippen LogP contribution in [0.4, 0.5) is 0 Å². The molecule has 0 heterocycles. The maximum atomic E-state index is 13.2. The van der Waals surface area contributed by atoms with Crippen LogP contribution in [-0.2, 0) is 65.4 Å². The van der Waals surface area contributed by atoms with Crippen LogP contribution >= 0.6 is 15.6 Å². The third-order valence-electron chi connectivity index (χ3n) is 21.0. The lowest BCUT2D eigenvalue weighted by Crippen LogP contribution is -2.30. The summed E-state index contributed by atoms with van der Waals surface area (Å²) in [5, 5.41) is 10.7. The number of hydrogen-bond acceptors (Lipinski definition) is 15. The van der Waals surface area contributed by atoms with Crippen molar-refractivity contribution in [1.29, 1.82) is 0 Å². The van der Waals surface area contributed by atoms with E-state index in [0.717, 1.165) is 108 Å². The zero-order chi connectivity index (χ0) is 79.2. The molecule has 0 amide bonds. The number of ether oxygens (including phenoxy) is 4. The molecule has 17 nitrogen and oxygen atoms in total. The molecule has 0 rings (SSSR count). The van der Waals surface area contributed by atoms with Crippen LogP contribution in [0.15, 0.2) is 0 Å². The van der Waals surface area contributed by atoms with Crippen LogP contribution in [0.25, 0.3) is 0 Å². The van der Waals surface area contributed by atoms with Gasteiger partial charge in [0.2, 0.25) is 0 Å². The van der Waals surface area contributed by atoms with E-state index in [1.54, 1.807) is 0 Å². The normalized spacial score (nSPS) is 13.8. The van der Waals surface area contributed by atoms with Crippen molar-refractivity contribution in [1.82, 2.24) is 0 Å². The predicted octanol–water partition coefficient (Wildman–Crippen LogP) is 27.4. The van der Waals surface area contributed by atoms with E-state index < -0.39 is 97.5 Å². The van der Waals surface area contributed by atoms with Gasteiger partial charge in [-0.1, -0.05) is 427 Å². The summed E-state index contributed by atoms with van der Waals surface area (Å²) >= 11 is 0. The van der Waals surface area contributed by atoms with Gasteiger partial charge in [0, 0.05) is 25.7 Å². The third-order valence-corrected chi connectivity index (χ3v) is 22.9. The highest BCUT2D eigenvalue weighted by Crippen LogP contribution is 2.45. The second kappa shape index (κ2) is 80.3. The largest absolute Gasteiger partial charge is 0.472 e. The monoisotopic (exact) mass is 1580 g/mol. The summed E-state index contributed by atoms with van der Waals surface area (Å²) in [6.45, 7) is 9.72. The standard InChI is InChI=1S/C89H174O17P2/c1-7-9-11-13-15-17-18-19-20-21-22-23-24-28-33-38-43-48-54-60-66-72-87(92)100-78-85(106-89(94)74-67-61-55-49-44-39-34-29-26-25-27-31-36-41-46-51-57-63-69-81(3)4)80-104-108(97,98)102-76-83(90)75-101-107(95,96)103-79-84(77-99-86(91)71-65-59-53-16-14-12-10-8-2)105-88(93)73-68-62-56-50-45-40-35-30-32-37-42-47-52-58-64-70-82(5)6/h81-85,90H,7-80H2,1-6H3,(H,95,96)(H,97,98)/t83-,84+,85+/m0/s1. The summed E-state index contributed by atoms with van der Waals surface area (Å²) < 4.78 is 68.9. The summed E-state index contributed by atoms with van der Waals surface area (Å²) in [6, 6.07) is 0. The summed E-state index contributed by atoms with van der Waals surface area (Å²) in [5.41, 5.74) is 0. The zero-order valence-electron chi connectivity index (χ0n) is 71.2. The first-order chi connectivity index (χ1) is 52.4. The number of unbranched alkanes of at least 4 members (excludes halogenated alkanes) is 58. The van der Waals surface area contributed by atoms with Crippen LogP contribution in [0.2, 0.25) is 0 Å². The van der Waals surface area contributed by atoms with Gasteiger partial charge in [-0.05, 0) is 37.5 Å². The number of phosphoric acid groups is 2. The molecule has 0 saturated heterocycles. The summed E-state index contributed by atoms with van der Waals surface area (Å²) in [6.07, 6.45) is 73.8. The zero-order valence-corrected chi connectivity index (χ0v) is 73.0. The lowest BCUT2D eigenvalue weighted by molar-refractivity contribution is -0.161. The second-order valence-electron chi connectivity index (χ2n) is 32.9. The average Bonchev–Trinajstić information content (AvgIpc) is 0.895. The highest BCUT2D eigenvalue weighted by molar-refractivity contribution is 7.47. The van der Waals surface area contributed by atoms with E-state index in [1.807, 2.05) is 0 Å². The molecule has 0 aliphatic carbocycles. The van der Waals surface area contributed by atoms with E-state index in [9.17, 15) is 43.2 Å². The quantitative estimate of drug-likeness (QED) is 0.0222. The minimum Gasteiger partial charge on any atom is -0.462 e. The maximum absolute atomic E-state index is 13.2. The Balaban J connectivity index is 5.17. The first-order valence-corrected chi connectivity index (χ1v) is 49.0. The van der Waals surface area contributed by atoms with Crippen molar-refractivity contribution in [2.45, 2.75) is 496 Å². The molecule has 0 fully saturated rings. The Morgan fingerprint density at radius 2 is 0.426 bits per heavy atom. The minimum absolute atomic E-state index is 0.108. The number of phosphoric ester groups is 2. The molecular weight excluding hydrogens is 1400 g/mol. The molecule has 0 saturated carbocycles. The Labute approximate surface area is 664 Å². The summed E-state index contributed by atoms with van der Waals surface area (Å²) in [5.74, 6) is -0.479. The molecule has 0 aromatic carbocycles. The topological polar surface area (TPSA) is 237 Å². The minimum atomic E-state index is -4.97. The van der Waals surface area contributed by atoms with Gasteiger partial charge in [0.1, 0.15) is 19.3 Å². The molecule has 5 atom stereocenters. The highest BCUT2D eigenvalue weighted by atomic mass is 31.2. The first-order valence-electron chi connectivity index (χ1n) is 46.0. The summed E-state index contributed by atoms with van der Waals surface area (Å²) in [7, 11) is -9.93. The van der Waals surface area contributed by atoms with Gasteiger partial charge in [0.25, 0.3) is 0 Å². The van der Waals surface area contributed by atoms with Gasteiger partial charge >= 0.3 is 39.5 Å². The van der Waals surface area contributed by atoms with Crippen LogP contribution in [0.1, 0.15) is 478 Å². The Bertz CT molecular complexity index is 2060. The van der Waals surface area contributed by atoms with Gasteiger partial charge in [-0.25, -0.2) is 9.13 Å². The number of hydrogen-bond donors (Lipinski definition) is 3. The molecule has 0 aliphatic heterocycles. The van der Waals surface area contributed by atoms with Crippen molar-refractivity contribution in [3.8, 4) is 0 Å². The molecule has 0 aliphatic rings. The number of aliphatic hydroxyl groups is 1. The fraction of sp³-hybridized carbons (Fsp3) is 0.955. The summed E-state index contributed by atoms with van der Waals surface area (Å²) in [4.78, 5) is 73.2. The first kappa shape index (κ1) is 106. The van der Waals surface area contributed by atoms with Gasteiger partial charge in [-0.3, -0.25) is 37.3 Å². The smallest absolute Gasteiger partial charge is 0.462 e. The molecule has 3 N–H and O–H groups in total. The number of aliphatic hydroxyl groups excluding tert-OH is 1. The van der Waals surface area contributed by atoms with Gasteiger partial charge < -0.3 is 33.8 Å². The van der Waals surface area contributed by atoms with Crippen molar-refractivity contribution in [3.63, 3.8) is 0 Å². The lowest BCUT2D eigenvalue weighted by Gasteiger charge is -2.21. The van der Waals surface area contributed by atoms with Crippen molar-refractivity contribution < 1.29 is 80.2 Å². The third kappa shape index (κ3) is 82.1. The van der Waals surface area contributed by atoms with E-state index in [2.05, 4.69) is 41.5 Å². The second-order valence-corrected chi connectivity index (χ2v) is 35.8. The SMILES string of the molecule is CCCCCCCCCCCCCCCCCCCCCCCC(=O)OC[C@H](COP(=O)(O)OC[C@@H](O)COP(=O)(O)OC[C@@H](COC(=O)CCCCCCCCCC)OC(=O)CCCCCCCCCCCCCCCCCC(C)C)OC(=O)CCCCCCCCCCCCCCCCCCCCC(C)C. The van der Waals surface area contributed by atoms with Crippen molar-refractivity contribution >= 4 is 39.5 Å². The number of carbonyl (C=O) groups excluding carboxylic acids is 4. The maximum Gasteiger partial charge on any atom is 0.472 e. The molecule has 2 unspecified atom stereocenters. The van der Waals surface area contributed by atoms with Gasteiger partial charge in [-0.2, -0.15) is 0 Å². The van der Waals surface area contributed by atoms with E-state index in [1.165, 1.54) is 289 Å². The lowest BCUT2D eigenvalue weighted by atomic mass is 10.0. The van der Waals surface area contributed by atoms with Crippen molar-refractivity contribution in [2.75, 3.05) is 39.6 Å². The van der Waals surface area contributed by atoms with E-state index in [4.69, 9.17) is 37.0 Å². The Morgan fingerprint density at radius 3 is 0.630 bits per heavy atom. The van der Waals surface area contributed by atoms with Crippen LogP contribution in [0.3, 0.4) is 0 Å². The molecule has 0 aromatic heterocycles. The van der Waals surface area contributed by atoms with Crippen LogP contribution in [0, 0.1) is 11.8 Å². The Hall–Kier alpha value is -1.94. The Morgan fingerprint density at radius 1 is 0.250 bits per heavy atom. The van der Waals surface area contributed by atoms with Crippen LogP contribution in [0.5, 0.6) is 0 Å². The molecule has 0 radical (unpaired) electrons. The predicted molar refractivity (Wildman–Crippen MR) is 446 cm³/mol. The average molecular weight is 1580 g/mol. The molecular formula is C89H174O17P2. The molecule has 19 heteroatoms. The fourth-order valence-electron chi connectivity index (χ4n) is 14.0. The van der Waals surface area contributed by atoms with E-state index in [-0.39, 0.29) is 25.7 Å². The van der Waals surface area contributed by atoms with E-state index >= 15 is 0 Å². The van der Waals surface area contributed by atoms with Crippen LogP contribution in [-0.4, -0.2) is 96.7 Å². The van der Waals surface area contributed by atoms with Gasteiger partial charge in [-0.15, -0.1) is 0 Å². The fourth-order valence-corrected chi connectivity index (χ4v) is 15.5. The number of carbonyl (C=O) groups is 4. The molecule has 0 spiro atoms. The molecule has 0 bridgehead atoms. The van der Waals surface area contributed by atoms with Crippen molar-refractivity contribution in [2.24, 2.45) is 11.8 Å². The molecule has 642 valence electrons. The molecule has 0 aromatic rings. The highest BCUT2D eigenvalue weighted by Gasteiger charge is 2.31.